The van der Waals surface area contributed by atoms with Gasteiger partial charge < -0.3 is 12.7 Å². The third-order valence-electron chi connectivity index (χ3n) is 0.774. The Labute approximate surface area is 78.8 Å². The number of hydrogen-bond donors (Lipinski definition) is 0. The van der Waals surface area contributed by atoms with Crippen molar-refractivity contribution in [3.63, 3.8) is 0 Å². The van der Waals surface area contributed by atoms with Crippen LogP contribution in [0, 0.1) is 6.92 Å². The molecule has 0 aliphatic rings. The van der Waals surface area contributed by atoms with Gasteiger partial charge in [-0.05, 0) is 0 Å². The summed E-state index contributed by atoms with van der Waals surface area (Å²) in [5.41, 5.74) is 7.57. The summed E-state index contributed by atoms with van der Waals surface area (Å²) in [6.45, 7) is 5.00. The van der Waals surface area contributed by atoms with Gasteiger partial charge in [0, 0.05) is 0 Å². The molecule has 0 radical (unpaired) electrons. The number of rotatable bonds is 0. The van der Waals surface area contributed by atoms with Crippen LogP contribution in [0.4, 0.5) is 5.69 Å². The molecule has 0 saturated carbocycles. The van der Waals surface area contributed by atoms with Gasteiger partial charge in [-0.25, -0.2) is 0 Å². The smallest absolute Gasteiger partial charge is 0.699 e. The monoisotopic (exact) mass is 145 g/mol. The second-order valence-corrected chi connectivity index (χ2v) is 1.37. The Balaban J connectivity index is 0. The van der Waals surface area contributed by atoms with Crippen molar-refractivity contribution in [2.45, 2.75) is 6.92 Å². The molecule has 0 fully saturated rings. The first-order valence-electron chi connectivity index (χ1n) is 2.87. The predicted molar refractivity (Wildman–Crippen MR) is 47.2 cm³/mol. The van der Waals surface area contributed by atoms with Crippen molar-refractivity contribution < 1.29 is 0 Å². The van der Waals surface area contributed by atoms with Crippen molar-refractivity contribution in [2.24, 2.45) is 0 Å². The third kappa shape index (κ3) is 5.91. The van der Waals surface area contributed by atoms with E-state index in [1.54, 1.807) is 19.1 Å². The van der Waals surface area contributed by atoms with Crippen LogP contribution in [0.5, 0.6) is 0 Å². The quantitative estimate of drug-likeness (QED) is 0.396. The van der Waals surface area contributed by atoms with Gasteiger partial charge in [0.15, 0.2) is 0 Å². The van der Waals surface area contributed by atoms with E-state index in [0.29, 0.717) is 5.69 Å². The first-order valence-corrected chi connectivity index (χ1v) is 2.87. The van der Waals surface area contributed by atoms with E-state index >= 15 is 0 Å². The minimum Gasteiger partial charge on any atom is -0.699 e. The number of nitrogens with one attached hydrogen (secondary N) is 1. The van der Waals surface area contributed by atoms with Crippen molar-refractivity contribution in [1.82, 2.24) is 0 Å². The normalized spacial score (nSPS) is 6.60. The van der Waals surface area contributed by atoms with Gasteiger partial charge in [-0.3, -0.25) is 0 Å². The summed E-state index contributed by atoms with van der Waals surface area (Å²) in [5.74, 6) is 0. The Kier molecular flexibility index (Phi) is 10.9. The maximum absolute atomic E-state index is 7.00. The van der Waals surface area contributed by atoms with Crippen LogP contribution in [0.25, 0.3) is 5.73 Å². The van der Waals surface area contributed by atoms with Gasteiger partial charge in [0.05, 0.1) is 0 Å². The van der Waals surface area contributed by atoms with Gasteiger partial charge in [0.2, 0.25) is 0 Å². The second kappa shape index (κ2) is 8.79. The molecule has 0 unspecified atom stereocenters. The Morgan fingerprint density at radius 1 is 1.10 bits per heavy atom. The minimum atomic E-state index is 0. The van der Waals surface area contributed by atoms with Crippen LogP contribution in [0.3, 0.4) is 0 Å². The fourth-order valence-electron chi connectivity index (χ4n) is 0.438. The molecular weight excluding hydrogens is 134 g/mol. The summed E-state index contributed by atoms with van der Waals surface area (Å²) in [4.78, 5) is 0. The van der Waals surface area contributed by atoms with Gasteiger partial charge in [-0.1, -0.05) is 30.3 Å². The summed E-state index contributed by atoms with van der Waals surface area (Å²) in [7, 11) is 0. The van der Waals surface area contributed by atoms with Crippen LogP contribution < -0.4 is 0 Å². The van der Waals surface area contributed by atoms with Crippen molar-refractivity contribution >= 4 is 28.7 Å². The number of benzene rings is 1. The minimum absolute atomic E-state index is 0. The molecule has 1 aromatic rings. The van der Waals surface area contributed by atoms with E-state index in [9.17, 15) is 0 Å². The van der Waals surface area contributed by atoms with E-state index in [4.69, 9.17) is 5.73 Å². The maximum Gasteiger partial charge on any atom is 2.00 e. The molecule has 0 heterocycles. The summed E-state index contributed by atoms with van der Waals surface area (Å²) in [5, 5.41) is 0. The average molecular weight is 145 g/mol. The van der Waals surface area contributed by atoms with Crippen LogP contribution in [0.1, 0.15) is 6.92 Å². The molecule has 0 saturated heterocycles. The molecule has 50 valence electrons. The van der Waals surface area contributed by atoms with Crippen molar-refractivity contribution in [3.8, 4) is 0 Å². The summed E-state index contributed by atoms with van der Waals surface area (Å²) < 4.78 is 0. The van der Waals surface area contributed by atoms with Gasteiger partial charge in [-0.15, -0.1) is 5.69 Å². The zero-order valence-electron chi connectivity index (χ0n) is 6.30. The SMILES string of the molecule is [CH2-]C.[Mg+2].[NH-]c1ccccc1. The fourth-order valence-corrected chi connectivity index (χ4v) is 0.438. The first kappa shape index (κ1) is 12.5. The Morgan fingerprint density at radius 3 is 1.70 bits per heavy atom. The van der Waals surface area contributed by atoms with Crippen molar-refractivity contribution in [2.75, 3.05) is 0 Å². The van der Waals surface area contributed by atoms with E-state index in [0.717, 1.165) is 0 Å². The van der Waals surface area contributed by atoms with E-state index < -0.39 is 0 Å². The molecule has 10 heavy (non-hydrogen) atoms. The molecule has 1 nitrogen and oxygen atoms in total. The van der Waals surface area contributed by atoms with E-state index in [2.05, 4.69) is 6.92 Å². The summed E-state index contributed by atoms with van der Waals surface area (Å²) >= 11 is 0. The van der Waals surface area contributed by atoms with E-state index in [-0.39, 0.29) is 23.1 Å². The standard InChI is InChI=1S/C6H6N.C2H5.Mg/c7-6-4-2-1-3-5-6;1-2;/h1-5,7H;1H2,2H3;/q2*-1;+2. The van der Waals surface area contributed by atoms with Crippen LogP contribution in [0.15, 0.2) is 30.3 Å². The molecule has 1 rings (SSSR count). The predicted octanol–water partition coefficient (Wildman–Crippen LogP) is 2.83. The third-order valence-corrected chi connectivity index (χ3v) is 0.774. The van der Waals surface area contributed by atoms with Crippen molar-refractivity contribution in [3.05, 3.63) is 43.0 Å². The topological polar surface area (TPSA) is 23.8 Å². The molecule has 0 spiro atoms. The molecule has 0 aliphatic carbocycles. The molecule has 1 aromatic carbocycles. The second-order valence-electron chi connectivity index (χ2n) is 1.37. The van der Waals surface area contributed by atoms with Crippen LogP contribution in [-0.2, 0) is 0 Å². The summed E-state index contributed by atoms with van der Waals surface area (Å²) in [6, 6.07) is 9.10. The Morgan fingerprint density at radius 2 is 1.50 bits per heavy atom. The zero-order valence-corrected chi connectivity index (χ0v) is 7.72. The number of hydrogen-bond acceptors (Lipinski definition) is 0. The fraction of sp³-hybridized carbons (Fsp3) is 0.125. The molecule has 1 N–H and O–H groups in total. The van der Waals surface area contributed by atoms with Gasteiger partial charge >= 0.3 is 23.1 Å². The van der Waals surface area contributed by atoms with E-state index in [1.807, 2.05) is 18.2 Å². The zero-order chi connectivity index (χ0) is 7.11. The molecule has 2 heteroatoms. The molecule has 0 aromatic heterocycles. The Hall–Kier alpha value is -0.214. The molecule has 0 bridgehead atoms. The summed E-state index contributed by atoms with van der Waals surface area (Å²) in [6.07, 6.45) is 0. The molecular formula is C8H11MgN. The average Bonchev–Trinajstić information content (AvgIpc) is 1.94. The van der Waals surface area contributed by atoms with Gasteiger partial charge in [0.25, 0.3) is 0 Å². The molecule has 0 amide bonds. The van der Waals surface area contributed by atoms with Gasteiger partial charge in [-0.2, -0.15) is 6.92 Å². The molecule has 0 aliphatic heterocycles. The van der Waals surface area contributed by atoms with Crippen LogP contribution >= 0.6 is 0 Å². The van der Waals surface area contributed by atoms with E-state index in [1.165, 1.54) is 0 Å². The first-order chi connectivity index (χ1) is 4.39. The van der Waals surface area contributed by atoms with Crippen LogP contribution in [0.2, 0.25) is 0 Å². The largest absolute Gasteiger partial charge is 2.00 e. The Bertz CT molecular complexity index is 139. The van der Waals surface area contributed by atoms with Crippen LogP contribution in [-0.4, -0.2) is 23.1 Å². The van der Waals surface area contributed by atoms with Crippen molar-refractivity contribution in [1.29, 1.82) is 0 Å². The molecule has 0 atom stereocenters. The van der Waals surface area contributed by atoms with Gasteiger partial charge in [0.1, 0.15) is 0 Å². The maximum atomic E-state index is 7.00.